The molecule has 2 aliphatic rings. The maximum atomic E-state index is 6.56. The van der Waals surface area contributed by atoms with E-state index in [0.29, 0.717) is 10.0 Å². The van der Waals surface area contributed by atoms with Crippen molar-refractivity contribution in [2.24, 2.45) is 0 Å². The van der Waals surface area contributed by atoms with Gasteiger partial charge in [0.1, 0.15) is 0 Å². The molecule has 0 amide bonds. The van der Waals surface area contributed by atoms with Crippen LogP contribution in [0, 0.1) is 0 Å². The lowest BCUT2D eigenvalue weighted by Crippen LogP contribution is -2.33. The van der Waals surface area contributed by atoms with E-state index in [0.717, 1.165) is 42.9 Å². The second-order valence-corrected chi connectivity index (χ2v) is 25.0. The molecule has 1 atom stereocenters. The number of nitrogens with one attached hydrogen (secondary N) is 1. The first-order valence-corrected chi connectivity index (χ1v) is 24.3. The van der Waals surface area contributed by atoms with E-state index in [1.165, 1.54) is 60.5 Å². The van der Waals surface area contributed by atoms with Gasteiger partial charge in [0.25, 0.3) is 0 Å². The Bertz CT molecular complexity index is 2170. The van der Waals surface area contributed by atoms with Crippen molar-refractivity contribution < 1.29 is 0 Å². The number of halogens is 2. The fourth-order valence-corrected chi connectivity index (χ4v) is 13.4. The van der Waals surface area contributed by atoms with Crippen LogP contribution >= 0.6 is 42.9 Å². The standard InChI is InChI=1S/C53H64Cl2NPS/c1-49(2,3)36-28-37(50(4,5)6)31-40(30-36)57(41-32-38(51(7,8)9)29-39(33-41)52(10,11)12)45-21-14-17-35-23-25-53(47(35)45)24-22-34-16-13-20-44(46(34)53)56-26-27-58-48-42(54)18-15-19-43(48)55/h13-21,28-33,56H,22-27H2,1-12H3/t53-/m1/s1. The second kappa shape index (κ2) is 15.9. The van der Waals surface area contributed by atoms with E-state index in [2.05, 4.69) is 161 Å². The molecule has 2 aliphatic carbocycles. The summed E-state index contributed by atoms with van der Waals surface area (Å²) in [5, 5.41) is 9.84. The second-order valence-electron chi connectivity index (χ2n) is 20.9. The number of fused-ring (bicyclic) bond motifs is 4. The molecule has 58 heavy (non-hydrogen) atoms. The lowest BCUT2D eigenvalue weighted by atomic mass is 9.76. The van der Waals surface area contributed by atoms with Gasteiger partial charge in [-0.2, -0.15) is 0 Å². The summed E-state index contributed by atoms with van der Waals surface area (Å²) in [6.07, 6.45) is 4.49. The van der Waals surface area contributed by atoms with Gasteiger partial charge in [0.2, 0.25) is 0 Å². The molecule has 1 spiro atoms. The van der Waals surface area contributed by atoms with E-state index >= 15 is 0 Å². The van der Waals surface area contributed by atoms with Crippen LogP contribution in [0.2, 0.25) is 10.0 Å². The number of aryl methyl sites for hydroxylation is 2. The van der Waals surface area contributed by atoms with Crippen LogP contribution < -0.4 is 21.2 Å². The Balaban J connectivity index is 1.43. The Labute approximate surface area is 366 Å². The minimum absolute atomic E-state index is 0.0150. The van der Waals surface area contributed by atoms with Gasteiger partial charge in [0.15, 0.2) is 0 Å². The van der Waals surface area contributed by atoms with Crippen LogP contribution in [0.3, 0.4) is 0 Å². The molecule has 0 saturated carbocycles. The smallest absolute Gasteiger partial charge is 0.0556 e. The number of thioether (sulfide) groups is 1. The molecule has 5 heteroatoms. The lowest BCUT2D eigenvalue weighted by Gasteiger charge is -2.35. The Morgan fingerprint density at radius 2 is 1.00 bits per heavy atom. The quantitative estimate of drug-likeness (QED) is 0.0948. The van der Waals surface area contributed by atoms with Crippen LogP contribution in [-0.4, -0.2) is 12.3 Å². The van der Waals surface area contributed by atoms with E-state index in [-0.39, 0.29) is 27.1 Å². The maximum absolute atomic E-state index is 6.56. The Morgan fingerprint density at radius 3 is 1.47 bits per heavy atom. The molecule has 0 aromatic heterocycles. The molecule has 0 heterocycles. The minimum atomic E-state index is -0.938. The summed E-state index contributed by atoms with van der Waals surface area (Å²) < 4.78 is 0. The zero-order chi connectivity index (χ0) is 42.0. The first-order chi connectivity index (χ1) is 27.1. The van der Waals surface area contributed by atoms with Gasteiger partial charge in [-0.25, -0.2) is 0 Å². The first-order valence-electron chi connectivity index (χ1n) is 21.3. The third-order valence-corrected chi connectivity index (χ3v) is 16.9. The number of anilines is 1. The van der Waals surface area contributed by atoms with Crippen molar-refractivity contribution in [2.75, 3.05) is 17.6 Å². The van der Waals surface area contributed by atoms with E-state index in [9.17, 15) is 0 Å². The minimum Gasteiger partial charge on any atom is -0.384 e. The molecule has 0 unspecified atom stereocenters. The monoisotopic (exact) mass is 847 g/mol. The molecular weight excluding hydrogens is 785 g/mol. The van der Waals surface area contributed by atoms with Crippen LogP contribution in [0.5, 0.6) is 0 Å². The number of hydrogen-bond donors (Lipinski definition) is 1. The average Bonchev–Trinajstić information content (AvgIpc) is 3.71. The van der Waals surface area contributed by atoms with Crippen molar-refractivity contribution in [2.45, 2.75) is 141 Å². The topological polar surface area (TPSA) is 12.0 Å². The number of benzene rings is 5. The summed E-state index contributed by atoms with van der Waals surface area (Å²) in [6, 6.07) is 35.4. The Morgan fingerprint density at radius 1 is 0.569 bits per heavy atom. The van der Waals surface area contributed by atoms with Gasteiger partial charge in [-0.05, 0) is 134 Å². The summed E-state index contributed by atoms with van der Waals surface area (Å²) in [7, 11) is -0.938. The largest absolute Gasteiger partial charge is 0.384 e. The third-order valence-electron chi connectivity index (χ3n) is 12.5. The van der Waals surface area contributed by atoms with Gasteiger partial charge in [-0.15, -0.1) is 11.8 Å². The fourth-order valence-electron chi connectivity index (χ4n) is 9.10. The molecule has 5 aromatic rings. The highest BCUT2D eigenvalue weighted by molar-refractivity contribution is 7.99. The fraction of sp³-hybridized carbons (Fsp3) is 0.434. The van der Waals surface area contributed by atoms with Crippen LogP contribution in [0.4, 0.5) is 5.69 Å². The summed E-state index contributed by atoms with van der Waals surface area (Å²) in [5.74, 6) is 0.869. The Kier molecular flexibility index (Phi) is 11.9. The van der Waals surface area contributed by atoms with Gasteiger partial charge in [0, 0.05) is 28.3 Å². The SMILES string of the molecule is CC(C)(C)c1cc(P(c2cc(C(C)(C)C)cc(C(C)(C)C)c2)c2cccc3c2[C@]2(CCc4cccc(NCCSc5c(Cl)cccc5Cl)c42)CC3)cc(C(C)(C)C)c1. The summed E-state index contributed by atoms with van der Waals surface area (Å²) in [5.41, 5.74) is 13.1. The number of rotatable bonds is 8. The predicted molar refractivity (Wildman–Crippen MR) is 259 cm³/mol. The van der Waals surface area contributed by atoms with Gasteiger partial charge >= 0.3 is 0 Å². The average molecular weight is 849 g/mol. The van der Waals surface area contributed by atoms with E-state index in [1.807, 2.05) is 18.2 Å². The van der Waals surface area contributed by atoms with Crippen LogP contribution in [0.25, 0.3) is 0 Å². The molecule has 1 nitrogen and oxygen atoms in total. The number of hydrogen-bond acceptors (Lipinski definition) is 2. The van der Waals surface area contributed by atoms with E-state index in [4.69, 9.17) is 23.2 Å². The molecule has 0 fully saturated rings. The van der Waals surface area contributed by atoms with Gasteiger partial charge in [-0.3, -0.25) is 0 Å². The molecule has 0 saturated heterocycles. The zero-order valence-corrected chi connectivity index (χ0v) is 40.2. The third kappa shape index (κ3) is 8.57. The van der Waals surface area contributed by atoms with Crippen LogP contribution in [-0.2, 0) is 39.9 Å². The van der Waals surface area contributed by atoms with Crippen molar-refractivity contribution in [3.8, 4) is 0 Å². The summed E-state index contributed by atoms with van der Waals surface area (Å²) in [6.45, 7) is 29.3. The van der Waals surface area contributed by atoms with Crippen molar-refractivity contribution in [3.63, 3.8) is 0 Å². The summed E-state index contributed by atoms with van der Waals surface area (Å²) >= 11 is 14.8. The molecular formula is C53H64Cl2NPS. The van der Waals surface area contributed by atoms with Gasteiger partial charge in [0.05, 0.1) is 10.0 Å². The molecule has 7 rings (SSSR count). The van der Waals surface area contributed by atoms with Crippen LogP contribution in [0.15, 0.2) is 95.9 Å². The highest BCUT2D eigenvalue weighted by Crippen LogP contribution is 2.56. The zero-order valence-electron chi connectivity index (χ0n) is 37.0. The molecule has 0 aliphatic heterocycles. The predicted octanol–water partition coefficient (Wildman–Crippen LogP) is 14.3. The van der Waals surface area contributed by atoms with Crippen LogP contribution in [0.1, 0.15) is 140 Å². The highest BCUT2D eigenvalue weighted by atomic mass is 35.5. The van der Waals surface area contributed by atoms with Crippen molar-refractivity contribution in [3.05, 3.63) is 146 Å². The Hall–Kier alpha value is -2.74. The van der Waals surface area contributed by atoms with Gasteiger partial charge in [-0.1, -0.05) is 179 Å². The molecule has 0 radical (unpaired) electrons. The lowest BCUT2D eigenvalue weighted by molar-refractivity contribution is 0.510. The maximum Gasteiger partial charge on any atom is 0.0556 e. The van der Waals surface area contributed by atoms with Crippen molar-refractivity contribution in [1.82, 2.24) is 0 Å². The van der Waals surface area contributed by atoms with E-state index in [1.54, 1.807) is 17.3 Å². The molecule has 0 bridgehead atoms. The normalized spacial score (nSPS) is 16.9. The van der Waals surface area contributed by atoms with Crippen molar-refractivity contribution in [1.29, 1.82) is 0 Å². The molecule has 1 N–H and O–H groups in total. The highest BCUT2D eigenvalue weighted by Gasteiger charge is 2.48. The van der Waals surface area contributed by atoms with Crippen molar-refractivity contribution >= 4 is 64.5 Å². The molecule has 306 valence electrons. The van der Waals surface area contributed by atoms with E-state index < -0.39 is 7.92 Å². The molecule has 5 aromatic carbocycles. The summed E-state index contributed by atoms with van der Waals surface area (Å²) in [4.78, 5) is 0.959. The van der Waals surface area contributed by atoms with Gasteiger partial charge < -0.3 is 5.32 Å². The first kappa shape index (κ1) is 43.4.